The molecule has 2 rings (SSSR count). The lowest BCUT2D eigenvalue weighted by Crippen LogP contribution is -2.51. The van der Waals surface area contributed by atoms with Gasteiger partial charge in [0.1, 0.15) is 0 Å². The second-order valence-corrected chi connectivity index (χ2v) is 5.36. The van der Waals surface area contributed by atoms with E-state index in [1.165, 1.54) is 16.6 Å². The van der Waals surface area contributed by atoms with Crippen molar-refractivity contribution < 1.29 is 13.2 Å². The Bertz CT molecular complexity index is 430. The normalized spacial score (nSPS) is 23.4. The van der Waals surface area contributed by atoms with E-state index in [0.29, 0.717) is 19.8 Å². The van der Waals surface area contributed by atoms with E-state index in [0.717, 1.165) is 0 Å². The maximum Gasteiger partial charge on any atom is 0.260 e. The second kappa shape index (κ2) is 4.50. The first-order valence-electron chi connectivity index (χ1n) is 4.95. The van der Waals surface area contributed by atoms with Crippen molar-refractivity contribution in [3.63, 3.8) is 0 Å². The van der Waals surface area contributed by atoms with Gasteiger partial charge in [-0.15, -0.1) is 0 Å². The molecule has 16 heavy (non-hydrogen) atoms. The molecule has 0 saturated carbocycles. The van der Waals surface area contributed by atoms with Crippen LogP contribution in [-0.4, -0.2) is 55.3 Å². The topological polar surface area (TPSA) is 101 Å². The van der Waals surface area contributed by atoms with Crippen LogP contribution in [0.4, 0.5) is 0 Å². The van der Waals surface area contributed by atoms with Gasteiger partial charge in [-0.1, -0.05) is 0 Å². The molecule has 1 aromatic rings. The van der Waals surface area contributed by atoms with Crippen LogP contribution in [0.2, 0.25) is 0 Å². The predicted octanol–water partition coefficient (Wildman–Crippen LogP) is -1.24. The number of nitrogens with one attached hydrogen (secondary N) is 1. The Morgan fingerprint density at radius 3 is 3.12 bits per heavy atom. The smallest absolute Gasteiger partial charge is 0.260 e. The summed E-state index contributed by atoms with van der Waals surface area (Å²) in [4.78, 5) is 0. The molecule has 3 N–H and O–H groups in total. The maximum absolute atomic E-state index is 12.2. The molecule has 1 aliphatic heterocycles. The minimum atomic E-state index is -3.52. The molecular weight excluding hydrogens is 232 g/mol. The molecule has 1 aliphatic rings. The van der Waals surface area contributed by atoms with Crippen molar-refractivity contribution in [1.82, 2.24) is 14.5 Å². The van der Waals surface area contributed by atoms with Crippen LogP contribution in [0.1, 0.15) is 0 Å². The summed E-state index contributed by atoms with van der Waals surface area (Å²) in [5, 5.41) is 6.19. The third kappa shape index (κ3) is 1.96. The summed E-state index contributed by atoms with van der Waals surface area (Å²) in [6.45, 7) is 1.30. The number of hydrogen-bond donors (Lipinski definition) is 2. The molecule has 7 nitrogen and oxygen atoms in total. The Hall–Kier alpha value is -0.960. The fraction of sp³-hybridized carbons (Fsp3) is 0.625. The molecule has 2 heterocycles. The molecular formula is C8H14N4O3S. The summed E-state index contributed by atoms with van der Waals surface area (Å²) >= 11 is 0. The van der Waals surface area contributed by atoms with Gasteiger partial charge in [0.2, 0.25) is 0 Å². The zero-order valence-electron chi connectivity index (χ0n) is 8.67. The average molecular weight is 246 g/mol. The quantitative estimate of drug-likeness (QED) is 0.694. The third-order valence-electron chi connectivity index (χ3n) is 2.51. The molecule has 0 amide bonds. The number of ether oxygens (including phenoxy) is 1. The van der Waals surface area contributed by atoms with Gasteiger partial charge in [0.15, 0.2) is 5.03 Å². The highest BCUT2D eigenvalue weighted by Gasteiger charge is 2.33. The monoisotopic (exact) mass is 246 g/mol. The van der Waals surface area contributed by atoms with Crippen LogP contribution in [0.5, 0.6) is 0 Å². The molecule has 0 aliphatic carbocycles. The third-order valence-corrected chi connectivity index (χ3v) is 4.39. The minimum absolute atomic E-state index is 0.0906. The highest BCUT2D eigenvalue weighted by Crippen LogP contribution is 2.17. The Morgan fingerprint density at radius 2 is 2.50 bits per heavy atom. The van der Waals surface area contributed by atoms with Crippen LogP contribution >= 0.6 is 0 Å². The van der Waals surface area contributed by atoms with Gasteiger partial charge in [-0.3, -0.25) is 5.10 Å². The fourth-order valence-electron chi connectivity index (χ4n) is 1.65. The highest BCUT2D eigenvalue weighted by molar-refractivity contribution is 7.89. The Balaban J connectivity index is 2.28. The van der Waals surface area contributed by atoms with E-state index in [-0.39, 0.29) is 17.6 Å². The first-order chi connectivity index (χ1) is 7.66. The van der Waals surface area contributed by atoms with Gasteiger partial charge in [0.05, 0.1) is 25.5 Å². The maximum atomic E-state index is 12.2. The van der Waals surface area contributed by atoms with E-state index in [9.17, 15) is 8.42 Å². The van der Waals surface area contributed by atoms with Gasteiger partial charge in [-0.25, -0.2) is 8.42 Å². The van der Waals surface area contributed by atoms with Crippen LogP contribution in [-0.2, 0) is 14.8 Å². The number of rotatable bonds is 3. The lowest BCUT2D eigenvalue weighted by Gasteiger charge is -2.33. The first-order valence-corrected chi connectivity index (χ1v) is 6.39. The molecule has 1 aromatic heterocycles. The number of aromatic amines is 1. The number of nitrogens with two attached hydrogens (primary N) is 1. The summed E-state index contributed by atoms with van der Waals surface area (Å²) < 4.78 is 30.9. The van der Waals surface area contributed by atoms with Gasteiger partial charge in [-0.05, 0) is 6.07 Å². The number of H-pyrrole nitrogens is 1. The number of nitrogens with zero attached hydrogens (tertiary/aromatic N) is 2. The molecule has 0 bridgehead atoms. The summed E-state index contributed by atoms with van der Waals surface area (Å²) in [6, 6.07) is 1.13. The van der Waals surface area contributed by atoms with Gasteiger partial charge in [0.25, 0.3) is 10.0 Å². The summed E-state index contributed by atoms with van der Waals surface area (Å²) in [7, 11) is -3.52. The van der Waals surface area contributed by atoms with E-state index < -0.39 is 10.0 Å². The van der Waals surface area contributed by atoms with Crippen LogP contribution < -0.4 is 5.73 Å². The van der Waals surface area contributed by atoms with Crippen molar-refractivity contribution in [3.05, 3.63) is 12.3 Å². The molecule has 8 heteroatoms. The first kappa shape index (κ1) is 11.5. The van der Waals surface area contributed by atoms with Gasteiger partial charge < -0.3 is 10.5 Å². The van der Waals surface area contributed by atoms with E-state index in [1.54, 1.807) is 0 Å². The number of sulfonamides is 1. The Morgan fingerprint density at radius 1 is 1.69 bits per heavy atom. The van der Waals surface area contributed by atoms with Gasteiger partial charge in [-0.2, -0.15) is 9.40 Å². The van der Waals surface area contributed by atoms with Crippen molar-refractivity contribution in [2.75, 3.05) is 26.3 Å². The second-order valence-electron chi connectivity index (χ2n) is 3.50. The van der Waals surface area contributed by atoms with Crippen LogP contribution in [0, 0.1) is 0 Å². The molecule has 1 fully saturated rings. The number of morpholine rings is 1. The van der Waals surface area contributed by atoms with Crippen LogP contribution in [0.3, 0.4) is 0 Å². The lowest BCUT2D eigenvalue weighted by molar-refractivity contribution is 0.0357. The van der Waals surface area contributed by atoms with E-state index in [1.807, 2.05) is 0 Å². The summed E-state index contributed by atoms with van der Waals surface area (Å²) in [6.07, 6.45) is 1.41. The highest BCUT2D eigenvalue weighted by atomic mass is 32.2. The standard InChI is InChI=1S/C8H14N4O3S/c9-5-7-6-15-4-3-12(7)16(13,14)8-1-2-10-11-8/h1-2,7H,3-6,9H2,(H,10,11). The van der Waals surface area contributed by atoms with Crippen LogP contribution in [0.25, 0.3) is 0 Å². The molecule has 0 radical (unpaired) electrons. The van der Waals surface area contributed by atoms with Crippen molar-refractivity contribution in [1.29, 1.82) is 0 Å². The number of hydrogen-bond acceptors (Lipinski definition) is 5. The SMILES string of the molecule is NCC1COCCN1S(=O)(=O)c1ccn[nH]1. The molecule has 0 spiro atoms. The Kier molecular flexibility index (Phi) is 3.24. The molecule has 1 atom stereocenters. The van der Waals surface area contributed by atoms with Crippen molar-refractivity contribution in [3.8, 4) is 0 Å². The van der Waals surface area contributed by atoms with Crippen molar-refractivity contribution in [2.45, 2.75) is 11.1 Å². The van der Waals surface area contributed by atoms with Gasteiger partial charge in [0, 0.05) is 13.1 Å². The molecule has 0 aromatic carbocycles. The molecule has 1 saturated heterocycles. The van der Waals surface area contributed by atoms with E-state index >= 15 is 0 Å². The predicted molar refractivity (Wildman–Crippen MR) is 56.1 cm³/mol. The number of aromatic nitrogens is 2. The van der Waals surface area contributed by atoms with E-state index in [4.69, 9.17) is 10.5 Å². The van der Waals surface area contributed by atoms with Gasteiger partial charge >= 0.3 is 0 Å². The Labute approximate surface area is 93.6 Å². The van der Waals surface area contributed by atoms with E-state index in [2.05, 4.69) is 10.2 Å². The lowest BCUT2D eigenvalue weighted by atomic mass is 10.3. The zero-order valence-corrected chi connectivity index (χ0v) is 9.48. The largest absolute Gasteiger partial charge is 0.378 e. The zero-order chi connectivity index (χ0) is 11.6. The van der Waals surface area contributed by atoms with Crippen LogP contribution in [0.15, 0.2) is 17.3 Å². The van der Waals surface area contributed by atoms with Crippen molar-refractivity contribution in [2.24, 2.45) is 5.73 Å². The summed E-state index contributed by atoms with van der Waals surface area (Å²) in [5.41, 5.74) is 5.53. The van der Waals surface area contributed by atoms with Crippen molar-refractivity contribution >= 4 is 10.0 Å². The summed E-state index contributed by atoms with van der Waals surface area (Å²) in [5.74, 6) is 0. The fourth-order valence-corrected chi connectivity index (χ4v) is 3.16. The molecule has 90 valence electrons. The molecule has 1 unspecified atom stereocenters. The average Bonchev–Trinajstić information content (AvgIpc) is 2.83. The minimum Gasteiger partial charge on any atom is -0.378 e.